The van der Waals surface area contributed by atoms with Crippen LogP contribution < -0.4 is 5.32 Å². The van der Waals surface area contributed by atoms with E-state index in [-0.39, 0.29) is 0 Å². The Morgan fingerprint density at radius 2 is 2.21 bits per heavy atom. The third-order valence-corrected chi connectivity index (χ3v) is 6.01. The van der Waals surface area contributed by atoms with E-state index in [0.29, 0.717) is 6.04 Å². The van der Waals surface area contributed by atoms with Crippen molar-refractivity contribution in [3.05, 3.63) is 26.9 Å². The standard InChI is InChI=1S/C15H20Br2N2/c1-18-14(15-13(17)7-12(16)8-19-15)6-11-5-9-2-3-10(11)4-9/h7-11,14,18H,2-6H2,1H3. The molecule has 1 heterocycles. The largest absolute Gasteiger partial charge is 0.312 e. The maximum Gasteiger partial charge on any atom is 0.0715 e. The lowest BCUT2D eigenvalue weighted by Crippen LogP contribution is -2.23. The molecule has 1 aromatic heterocycles. The molecule has 0 radical (unpaired) electrons. The van der Waals surface area contributed by atoms with Crippen LogP contribution in [-0.4, -0.2) is 12.0 Å². The number of rotatable bonds is 4. The average molecular weight is 388 g/mol. The fourth-order valence-corrected chi connectivity index (χ4v) is 5.28. The predicted molar refractivity (Wildman–Crippen MR) is 85.0 cm³/mol. The molecule has 2 nitrogen and oxygen atoms in total. The third-order valence-electron chi connectivity index (χ3n) is 4.94. The highest BCUT2D eigenvalue weighted by Crippen LogP contribution is 2.51. The Balaban J connectivity index is 1.73. The lowest BCUT2D eigenvalue weighted by atomic mass is 9.83. The monoisotopic (exact) mass is 386 g/mol. The fourth-order valence-electron chi connectivity index (χ4n) is 4.02. The van der Waals surface area contributed by atoms with E-state index in [1.165, 1.54) is 32.1 Å². The molecule has 19 heavy (non-hydrogen) atoms. The topological polar surface area (TPSA) is 24.9 Å². The molecule has 4 atom stereocenters. The molecule has 1 N–H and O–H groups in total. The molecule has 1 aromatic rings. The van der Waals surface area contributed by atoms with Crippen molar-refractivity contribution in [1.82, 2.24) is 10.3 Å². The zero-order chi connectivity index (χ0) is 13.4. The van der Waals surface area contributed by atoms with Gasteiger partial charge in [-0.3, -0.25) is 4.98 Å². The summed E-state index contributed by atoms with van der Waals surface area (Å²) in [5.74, 6) is 2.90. The van der Waals surface area contributed by atoms with Gasteiger partial charge in [-0.2, -0.15) is 0 Å². The second kappa shape index (κ2) is 5.82. The fraction of sp³-hybridized carbons (Fsp3) is 0.667. The summed E-state index contributed by atoms with van der Waals surface area (Å²) in [6.07, 6.45) is 8.98. The van der Waals surface area contributed by atoms with E-state index < -0.39 is 0 Å². The maximum absolute atomic E-state index is 4.60. The Bertz CT molecular complexity index is 463. The van der Waals surface area contributed by atoms with Crippen molar-refractivity contribution < 1.29 is 0 Å². The number of nitrogens with one attached hydrogen (secondary N) is 1. The summed E-state index contributed by atoms with van der Waals surface area (Å²) in [4.78, 5) is 4.60. The van der Waals surface area contributed by atoms with Gasteiger partial charge in [0.1, 0.15) is 0 Å². The van der Waals surface area contributed by atoms with E-state index in [2.05, 4.69) is 48.2 Å². The van der Waals surface area contributed by atoms with Crippen LogP contribution in [0.3, 0.4) is 0 Å². The van der Waals surface area contributed by atoms with Gasteiger partial charge in [0.25, 0.3) is 0 Å². The summed E-state index contributed by atoms with van der Waals surface area (Å²) in [7, 11) is 2.05. The maximum atomic E-state index is 4.60. The van der Waals surface area contributed by atoms with Crippen molar-refractivity contribution in [3.63, 3.8) is 0 Å². The number of halogens is 2. The highest BCUT2D eigenvalue weighted by molar-refractivity contribution is 9.11. The van der Waals surface area contributed by atoms with Crippen molar-refractivity contribution in [1.29, 1.82) is 0 Å². The first kappa shape index (κ1) is 14.0. The number of hydrogen-bond donors (Lipinski definition) is 1. The second-order valence-electron chi connectivity index (χ2n) is 6.03. The Hall–Kier alpha value is 0.0700. The quantitative estimate of drug-likeness (QED) is 0.810. The molecule has 2 bridgehead atoms. The van der Waals surface area contributed by atoms with Crippen molar-refractivity contribution in [2.24, 2.45) is 17.8 Å². The van der Waals surface area contributed by atoms with Crippen molar-refractivity contribution in [2.45, 2.75) is 38.1 Å². The molecular weight excluding hydrogens is 368 g/mol. The minimum Gasteiger partial charge on any atom is -0.312 e. The summed E-state index contributed by atoms with van der Waals surface area (Å²) in [6, 6.07) is 2.46. The molecule has 0 aromatic carbocycles. The Kier molecular flexibility index (Phi) is 4.30. The van der Waals surface area contributed by atoms with Gasteiger partial charge in [0.15, 0.2) is 0 Å². The minimum absolute atomic E-state index is 0.367. The smallest absolute Gasteiger partial charge is 0.0715 e. The predicted octanol–water partition coefficient (Wildman–Crippen LogP) is 4.69. The number of fused-ring (bicyclic) bond motifs is 2. The summed E-state index contributed by atoms with van der Waals surface area (Å²) in [5, 5.41) is 3.46. The zero-order valence-corrected chi connectivity index (χ0v) is 14.4. The molecule has 2 aliphatic rings. The molecule has 0 saturated heterocycles. The third kappa shape index (κ3) is 2.91. The van der Waals surface area contributed by atoms with E-state index in [1.807, 2.05) is 13.2 Å². The van der Waals surface area contributed by atoms with E-state index in [0.717, 1.165) is 32.4 Å². The Morgan fingerprint density at radius 1 is 1.37 bits per heavy atom. The van der Waals surface area contributed by atoms with Crippen LogP contribution in [0.5, 0.6) is 0 Å². The molecule has 2 saturated carbocycles. The highest BCUT2D eigenvalue weighted by atomic mass is 79.9. The Labute approximate surface area is 132 Å². The van der Waals surface area contributed by atoms with Crippen LogP contribution in [-0.2, 0) is 0 Å². The SMILES string of the molecule is CNC(CC1CC2CCC1C2)c1ncc(Br)cc1Br. The minimum atomic E-state index is 0.367. The van der Waals surface area contributed by atoms with Gasteiger partial charge >= 0.3 is 0 Å². The molecule has 0 amide bonds. The first-order valence-corrected chi connectivity index (χ1v) is 8.74. The first-order chi connectivity index (χ1) is 9.17. The molecule has 0 spiro atoms. The van der Waals surface area contributed by atoms with Crippen LogP contribution in [0.4, 0.5) is 0 Å². The van der Waals surface area contributed by atoms with Gasteiger partial charge in [0, 0.05) is 15.1 Å². The van der Waals surface area contributed by atoms with Crippen LogP contribution in [0.2, 0.25) is 0 Å². The summed E-state index contributed by atoms with van der Waals surface area (Å²) in [6.45, 7) is 0. The van der Waals surface area contributed by atoms with Gasteiger partial charge in [-0.15, -0.1) is 0 Å². The lowest BCUT2D eigenvalue weighted by Gasteiger charge is -2.26. The molecule has 0 aliphatic heterocycles. The normalized spacial score (nSPS) is 30.8. The molecule has 4 heteroatoms. The molecule has 104 valence electrons. The summed E-state index contributed by atoms with van der Waals surface area (Å²) in [5.41, 5.74) is 1.15. The van der Waals surface area contributed by atoms with E-state index in [4.69, 9.17) is 0 Å². The molecule has 2 aliphatic carbocycles. The van der Waals surface area contributed by atoms with Crippen molar-refractivity contribution in [3.8, 4) is 0 Å². The van der Waals surface area contributed by atoms with Crippen LogP contribution in [0, 0.1) is 17.8 Å². The number of aromatic nitrogens is 1. The summed E-state index contributed by atoms with van der Waals surface area (Å²) >= 11 is 7.12. The second-order valence-corrected chi connectivity index (χ2v) is 7.80. The van der Waals surface area contributed by atoms with E-state index in [9.17, 15) is 0 Å². The molecule has 4 unspecified atom stereocenters. The number of pyridine rings is 1. The van der Waals surface area contributed by atoms with Gasteiger partial charge in [0.05, 0.1) is 11.7 Å². The summed E-state index contributed by atoms with van der Waals surface area (Å²) < 4.78 is 2.13. The van der Waals surface area contributed by atoms with Gasteiger partial charge in [-0.05, 0) is 88.4 Å². The van der Waals surface area contributed by atoms with Gasteiger partial charge in [0.2, 0.25) is 0 Å². The lowest BCUT2D eigenvalue weighted by molar-refractivity contribution is 0.282. The highest BCUT2D eigenvalue weighted by Gasteiger charge is 2.40. The van der Waals surface area contributed by atoms with Gasteiger partial charge < -0.3 is 5.32 Å². The number of nitrogens with zero attached hydrogens (tertiary/aromatic N) is 1. The van der Waals surface area contributed by atoms with Gasteiger partial charge in [-0.25, -0.2) is 0 Å². The van der Waals surface area contributed by atoms with Crippen LogP contribution >= 0.6 is 31.9 Å². The van der Waals surface area contributed by atoms with Crippen LogP contribution in [0.15, 0.2) is 21.2 Å². The number of hydrogen-bond acceptors (Lipinski definition) is 2. The zero-order valence-electron chi connectivity index (χ0n) is 11.2. The molecular formula is C15H20Br2N2. The molecule has 3 rings (SSSR count). The van der Waals surface area contributed by atoms with Crippen LogP contribution in [0.1, 0.15) is 43.8 Å². The Morgan fingerprint density at radius 3 is 2.79 bits per heavy atom. The van der Waals surface area contributed by atoms with E-state index in [1.54, 1.807) is 0 Å². The van der Waals surface area contributed by atoms with Gasteiger partial charge in [-0.1, -0.05) is 6.42 Å². The first-order valence-electron chi connectivity index (χ1n) is 7.15. The average Bonchev–Trinajstić information content (AvgIpc) is 2.99. The van der Waals surface area contributed by atoms with Crippen molar-refractivity contribution >= 4 is 31.9 Å². The van der Waals surface area contributed by atoms with E-state index >= 15 is 0 Å². The van der Waals surface area contributed by atoms with Crippen LogP contribution in [0.25, 0.3) is 0 Å². The van der Waals surface area contributed by atoms with Crippen molar-refractivity contribution in [2.75, 3.05) is 7.05 Å². The molecule has 2 fully saturated rings.